The van der Waals surface area contributed by atoms with Crippen molar-refractivity contribution in [2.75, 3.05) is 5.32 Å². The molecule has 4 nitrogen and oxygen atoms in total. The second-order valence-corrected chi connectivity index (χ2v) is 4.31. The fourth-order valence-corrected chi connectivity index (χ4v) is 1.65. The monoisotopic (exact) mass is 299 g/mol. The SMILES string of the molecule is O=C(Nc1ccc(Cl)c(Br)c1)c1ccn[nH]1. The number of carbonyl (C=O) groups excluding carboxylic acids is 1. The molecular weight excluding hydrogens is 293 g/mol. The van der Waals surface area contributed by atoms with Crippen LogP contribution in [0.3, 0.4) is 0 Å². The minimum Gasteiger partial charge on any atom is -0.321 e. The predicted molar refractivity (Wildman–Crippen MR) is 65.7 cm³/mol. The maximum absolute atomic E-state index is 11.6. The van der Waals surface area contributed by atoms with Crippen LogP contribution in [-0.2, 0) is 0 Å². The molecule has 0 fully saturated rings. The number of hydrogen-bond acceptors (Lipinski definition) is 2. The Morgan fingerprint density at radius 3 is 2.88 bits per heavy atom. The van der Waals surface area contributed by atoms with E-state index >= 15 is 0 Å². The van der Waals surface area contributed by atoms with Crippen LogP contribution in [0.4, 0.5) is 5.69 Å². The Morgan fingerprint density at radius 1 is 1.44 bits per heavy atom. The lowest BCUT2D eigenvalue weighted by molar-refractivity contribution is 0.102. The van der Waals surface area contributed by atoms with Crippen molar-refractivity contribution in [1.82, 2.24) is 10.2 Å². The third-order valence-corrected chi connectivity index (χ3v) is 3.14. The van der Waals surface area contributed by atoms with Crippen LogP contribution in [-0.4, -0.2) is 16.1 Å². The van der Waals surface area contributed by atoms with Gasteiger partial charge < -0.3 is 5.32 Å². The molecule has 82 valence electrons. The van der Waals surface area contributed by atoms with Gasteiger partial charge in [0.15, 0.2) is 0 Å². The number of aromatic amines is 1. The highest BCUT2D eigenvalue weighted by atomic mass is 79.9. The van der Waals surface area contributed by atoms with Gasteiger partial charge in [-0.2, -0.15) is 5.10 Å². The van der Waals surface area contributed by atoms with Gasteiger partial charge in [0.25, 0.3) is 5.91 Å². The second kappa shape index (κ2) is 4.67. The zero-order valence-corrected chi connectivity index (χ0v) is 10.3. The summed E-state index contributed by atoms with van der Waals surface area (Å²) in [6.45, 7) is 0. The highest BCUT2D eigenvalue weighted by molar-refractivity contribution is 9.10. The highest BCUT2D eigenvalue weighted by Gasteiger charge is 2.07. The van der Waals surface area contributed by atoms with Gasteiger partial charge in [0.2, 0.25) is 0 Å². The summed E-state index contributed by atoms with van der Waals surface area (Å²) < 4.78 is 0.733. The first-order chi connectivity index (χ1) is 7.66. The molecule has 0 saturated heterocycles. The molecule has 2 rings (SSSR count). The van der Waals surface area contributed by atoms with Gasteiger partial charge in [-0.1, -0.05) is 11.6 Å². The molecule has 1 heterocycles. The minimum absolute atomic E-state index is 0.244. The number of hydrogen-bond donors (Lipinski definition) is 2. The third-order valence-electron chi connectivity index (χ3n) is 1.92. The summed E-state index contributed by atoms with van der Waals surface area (Å²) in [4.78, 5) is 11.6. The number of anilines is 1. The van der Waals surface area contributed by atoms with Crippen molar-refractivity contribution >= 4 is 39.1 Å². The van der Waals surface area contributed by atoms with Gasteiger partial charge >= 0.3 is 0 Å². The van der Waals surface area contributed by atoms with Gasteiger partial charge in [0, 0.05) is 16.4 Å². The van der Waals surface area contributed by atoms with Gasteiger partial charge in [-0.15, -0.1) is 0 Å². The Kier molecular flexibility index (Phi) is 3.26. The van der Waals surface area contributed by atoms with E-state index in [0.717, 1.165) is 4.47 Å². The summed E-state index contributed by atoms with van der Waals surface area (Å²) in [6.07, 6.45) is 1.52. The summed E-state index contributed by atoms with van der Waals surface area (Å²) in [5.74, 6) is -0.244. The van der Waals surface area contributed by atoms with Gasteiger partial charge in [0.1, 0.15) is 5.69 Å². The number of nitrogens with one attached hydrogen (secondary N) is 2. The molecule has 16 heavy (non-hydrogen) atoms. The van der Waals surface area contributed by atoms with Crippen molar-refractivity contribution < 1.29 is 4.79 Å². The lowest BCUT2D eigenvalue weighted by Crippen LogP contribution is -2.12. The molecule has 1 aromatic carbocycles. The van der Waals surface area contributed by atoms with Crippen LogP contribution in [0.1, 0.15) is 10.5 Å². The number of carbonyl (C=O) groups is 1. The van der Waals surface area contributed by atoms with Gasteiger partial charge in [-0.05, 0) is 40.2 Å². The number of halogens is 2. The van der Waals surface area contributed by atoms with E-state index in [9.17, 15) is 4.79 Å². The van der Waals surface area contributed by atoms with Crippen LogP contribution in [0, 0.1) is 0 Å². The molecule has 0 aliphatic carbocycles. The smallest absolute Gasteiger partial charge is 0.273 e. The molecule has 0 aliphatic rings. The van der Waals surface area contributed by atoms with Gasteiger partial charge in [-0.25, -0.2) is 0 Å². The van der Waals surface area contributed by atoms with E-state index in [1.165, 1.54) is 6.20 Å². The van der Waals surface area contributed by atoms with E-state index in [1.54, 1.807) is 24.3 Å². The summed E-state index contributed by atoms with van der Waals surface area (Å²) in [5, 5.41) is 9.59. The first-order valence-corrected chi connectivity index (χ1v) is 5.59. The zero-order chi connectivity index (χ0) is 11.5. The van der Waals surface area contributed by atoms with E-state index in [4.69, 9.17) is 11.6 Å². The number of H-pyrrole nitrogens is 1. The Morgan fingerprint density at radius 2 is 2.25 bits per heavy atom. The maximum atomic E-state index is 11.6. The Balaban J connectivity index is 2.15. The van der Waals surface area contributed by atoms with E-state index in [0.29, 0.717) is 16.4 Å². The molecule has 1 amide bonds. The molecule has 0 bridgehead atoms. The Hall–Kier alpha value is -1.33. The van der Waals surface area contributed by atoms with Crippen LogP contribution in [0.2, 0.25) is 5.02 Å². The van der Waals surface area contributed by atoms with Crippen LogP contribution in [0.15, 0.2) is 34.9 Å². The Bertz CT molecular complexity index is 513. The standard InChI is InChI=1S/C10H7BrClN3O/c11-7-5-6(1-2-8(7)12)14-10(16)9-3-4-13-15-9/h1-5H,(H,13,15)(H,14,16). The molecule has 0 radical (unpaired) electrons. The summed E-state index contributed by atoms with van der Waals surface area (Å²) >= 11 is 9.12. The molecule has 0 unspecified atom stereocenters. The molecule has 1 aromatic heterocycles. The lowest BCUT2D eigenvalue weighted by Gasteiger charge is -2.04. The largest absolute Gasteiger partial charge is 0.321 e. The molecule has 0 aliphatic heterocycles. The normalized spacial score (nSPS) is 10.1. The van der Waals surface area contributed by atoms with Crippen molar-refractivity contribution in [3.05, 3.63) is 45.7 Å². The molecule has 2 aromatic rings. The average Bonchev–Trinajstić information content (AvgIpc) is 2.77. The lowest BCUT2D eigenvalue weighted by atomic mass is 10.3. The molecular formula is C10H7BrClN3O. The van der Waals surface area contributed by atoms with Crippen molar-refractivity contribution in [3.63, 3.8) is 0 Å². The first kappa shape index (κ1) is 11.2. The van der Waals surface area contributed by atoms with Crippen molar-refractivity contribution in [3.8, 4) is 0 Å². The first-order valence-electron chi connectivity index (χ1n) is 4.42. The second-order valence-electron chi connectivity index (χ2n) is 3.05. The van der Waals surface area contributed by atoms with Crippen LogP contribution >= 0.6 is 27.5 Å². The minimum atomic E-state index is -0.244. The maximum Gasteiger partial charge on any atom is 0.273 e. The number of amides is 1. The fraction of sp³-hybridized carbons (Fsp3) is 0. The molecule has 0 spiro atoms. The third kappa shape index (κ3) is 2.43. The summed E-state index contributed by atoms with van der Waals surface area (Å²) in [7, 11) is 0. The molecule has 0 saturated carbocycles. The van der Waals surface area contributed by atoms with Crippen LogP contribution in [0.5, 0.6) is 0 Å². The summed E-state index contributed by atoms with van der Waals surface area (Å²) in [6, 6.07) is 6.76. The number of aromatic nitrogens is 2. The van der Waals surface area contributed by atoms with Crippen LogP contribution < -0.4 is 5.32 Å². The molecule has 2 N–H and O–H groups in total. The fourth-order valence-electron chi connectivity index (χ4n) is 1.15. The number of nitrogens with zero attached hydrogens (tertiary/aromatic N) is 1. The molecule has 6 heteroatoms. The average molecular weight is 301 g/mol. The predicted octanol–water partition coefficient (Wildman–Crippen LogP) is 3.08. The number of rotatable bonds is 2. The zero-order valence-electron chi connectivity index (χ0n) is 8.00. The highest BCUT2D eigenvalue weighted by Crippen LogP contribution is 2.25. The van der Waals surface area contributed by atoms with E-state index in [1.807, 2.05) is 0 Å². The van der Waals surface area contributed by atoms with E-state index < -0.39 is 0 Å². The topological polar surface area (TPSA) is 57.8 Å². The van der Waals surface area contributed by atoms with E-state index in [2.05, 4.69) is 31.4 Å². The quantitative estimate of drug-likeness (QED) is 0.895. The van der Waals surface area contributed by atoms with E-state index in [-0.39, 0.29) is 5.91 Å². The van der Waals surface area contributed by atoms with Crippen LogP contribution in [0.25, 0.3) is 0 Å². The van der Waals surface area contributed by atoms with Gasteiger partial charge in [-0.3, -0.25) is 9.89 Å². The van der Waals surface area contributed by atoms with Crippen molar-refractivity contribution in [1.29, 1.82) is 0 Å². The van der Waals surface area contributed by atoms with Crippen molar-refractivity contribution in [2.24, 2.45) is 0 Å². The molecule has 0 atom stereocenters. The number of benzene rings is 1. The summed E-state index contributed by atoms with van der Waals surface area (Å²) in [5.41, 5.74) is 1.07. The Labute approximate surface area is 105 Å². The van der Waals surface area contributed by atoms with Gasteiger partial charge in [0.05, 0.1) is 5.02 Å². The van der Waals surface area contributed by atoms with Crippen molar-refractivity contribution in [2.45, 2.75) is 0 Å².